The molecule has 4 nitrogen and oxygen atoms in total. The molecule has 0 saturated carbocycles. The minimum atomic E-state index is -0.263. The van der Waals surface area contributed by atoms with E-state index < -0.39 is 0 Å². The third-order valence-electron chi connectivity index (χ3n) is 14.0. The van der Waals surface area contributed by atoms with E-state index in [4.69, 9.17) is 8.83 Å². The summed E-state index contributed by atoms with van der Waals surface area (Å²) in [5.74, 6) is 0. The van der Waals surface area contributed by atoms with Crippen LogP contribution in [0.1, 0.15) is 36.1 Å². The fraction of sp³-hybridized carbons (Fsp3) is 0.0820. The lowest BCUT2D eigenvalue weighted by molar-refractivity contribution is 0.665. The average Bonchev–Trinajstić information content (AvgIpc) is 4.00. The zero-order chi connectivity index (χ0) is 43.6. The number of fused-ring (bicyclic) bond motifs is 13. The van der Waals surface area contributed by atoms with Gasteiger partial charge in [0, 0.05) is 49.7 Å². The lowest BCUT2D eigenvalue weighted by Crippen LogP contribution is -2.16. The summed E-state index contributed by atoms with van der Waals surface area (Å²) in [5.41, 5.74) is 17.3. The summed E-state index contributed by atoms with van der Waals surface area (Å²) in [7, 11) is 0. The van der Waals surface area contributed by atoms with Crippen LogP contribution in [0.15, 0.2) is 203 Å². The standard InChI is InChI=1S/C61H44N2O2/c1-37-15-11-21-49-51-23-13-25-53(59(51)64-57(37)49)62(41-17-7-5-8-18-41)43-29-33-45-39(35-43)27-31-47-48-32-28-40-36-44(30-34-46(40)56(48)61(3,4)55(45)47)63(42-19-9-6-10-20-42)54-26-14-24-52-50-22-12-16-38(2)58(50)65-60(52)54/h5-36H,1-4H3. The topological polar surface area (TPSA) is 32.8 Å². The molecule has 10 aromatic carbocycles. The van der Waals surface area contributed by atoms with Crippen molar-refractivity contribution >= 4 is 99.5 Å². The molecule has 2 heterocycles. The van der Waals surface area contributed by atoms with Gasteiger partial charge in [-0.1, -0.05) is 147 Å². The van der Waals surface area contributed by atoms with Crippen LogP contribution in [0, 0.1) is 13.8 Å². The monoisotopic (exact) mass is 836 g/mol. The molecule has 0 saturated heterocycles. The van der Waals surface area contributed by atoms with Gasteiger partial charge in [0.1, 0.15) is 11.2 Å². The molecule has 0 atom stereocenters. The van der Waals surface area contributed by atoms with Crippen LogP contribution in [0.4, 0.5) is 34.1 Å². The van der Waals surface area contributed by atoms with Crippen LogP contribution in [-0.2, 0) is 5.41 Å². The number of aryl methyl sites for hydroxylation is 2. The van der Waals surface area contributed by atoms with E-state index in [1.165, 1.54) is 43.8 Å². The number of hydrogen-bond donors (Lipinski definition) is 0. The maximum atomic E-state index is 6.73. The summed E-state index contributed by atoms with van der Waals surface area (Å²) in [6, 6.07) is 70.3. The summed E-state index contributed by atoms with van der Waals surface area (Å²) in [6.45, 7) is 9.04. The maximum Gasteiger partial charge on any atom is 0.159 e. The highest BCUT2D eigenvalue weighted by Gasteiger charge is 2.38. The Bertz CT molecular complexity index is 3640. The molecule has 1 aliphatic carbocycles. The Morgan fingerprint density at radius 1 is 0.338 bits per heavy atom. The van der Waals surface area contributed by atoms with Gasteiger partial charge in [0.2, 0.25) is 0 Å². The van der Waals surface area contributed by atoms with Gasteiger partial charge in [-0.15, -0.1) is 0 Å². The minimum absolute atomic E-state index is 0.263. The molecule has 0 bridgehead atoms. The molecule has 65 heavy (non-hydrogen) atoms. The number of rotatable bonds is 6. The fourth-order valence-corrected chi connectivity index (χ4v) is 11.1. The van der Waals surface area contributed by atoms with Crippen LogP contribution < -0.4 is 9.80 Å². The third-order valence-corrected chi connectivity index (χ3v) is 14.0. The van der Waals surface area contributed by atoms with Crippen molar-refractivity contribution < 1.29 is 8.83 Å². The highest BCUT2D eigenvalue weighted by molar-refractivity contribution is 6.13. The van der Waals surface area contributed by atoms with Crippen molar-refractivity contribution in [2.45, 2.75) is 33.1 Å². The molecule has 0 aliphatic heterocycles. The summed E-state index contributed by atoms with van der Waals surface area (Å²) in [6.07, 6.45) is 0. The first-order valence-corrected chi connectivity index (χ1v) is 22.5. The van der Waals surface area contributed by atoms with E-state index in [0.29, 0.717) is 0 Å². The summed E-state index contributed by atoms with van der Waals surface area (Å²) in [5, 5.41) is 9.46. The molecule has 0 unspecified atom stereocenters. The normalized spacial score (nSPS) is 13.0. The summed E-state index contributed by atoms with van der Waals surface area (Å²) >= 11 is 0. The minimum Gasteiger partial charge on any atom is -0.454 e. The van der Waals surface area contributed by atoms with Crippen molar-refractivity contribution in [3.8, 4) is 11.1 Å². The number of anilines is 6. The van der Waals surface area contributed by atoms with Gasteiger partial charge in [-0.25, -0.2) is 0 Å². The van der Waals surface area contributed by atoms with E-state index in [9.17, 15) is 0 Å². The Morgan fingerprint density at radius 3 is 1.17 bits per heavy atom. The maximum absolute atomic E-state index is 6.73. The molecular weight excluding hydrogens is 793 g/mol. The second-order valence-corrected chi connectivity index (χ2v) is 18.2. The number of hydrogen-bond acceptors (Lipinski definition) is 4. The van der Waals surface area contributed by atoms with Crippen LogP contribution >= 0.6 is 0 Å². The Kier molecular flexibility index (Phi) is 8.05. The Labute approximate surface area is 377 Å². The quantitative estimate of drug-likeness (QED) is 0.167. The molecule has 13 rings (SSSR count). The van der Waals surface area contributed by atoms with E-state index in [2.05, 4.69) is 232 Å². The van der Waals surface area contributed by atoms with Gasteiger partial charge >= 0.3 is 0 Å². The lowest BCUT2D eigenvalue weighted by atomic mass is 9.78. The number of para-hydroxylation sites is 6. The van der Waals surface area contributed by atoms with E-state index in [1.807, 2.05) is 0 Å². The van der Waals surface area contributed by atoms with Gasteiger partial charge in [-0.3, -0.25) is 0 Å². The van der Waals surface area contributed by atoms with Gasteiger partial charge < -0.3 is 18.6 Å². The smallest absolute Gasteiger partial charge is 0.159 e. The molecule has 0 N–H and O–H groups in total. The SMILES string of the molecule is Cc1cccc2c1oc1c(N(c3ccccc3)c3ccc4c5c(ccc4c3)-c3ccc4cc(N(c6ccccc6)c6cccc7c6oc6c(C)cccc67)ccc4c3C5(C)C)cccc12. The zero-order valence-electron chi connectivity index (χ0n) is 36.7. The van der Waals surface area contributed by atoms with Crippen LogP contribution in [0.5, 0.6) is 0 Å². The van der Waals surface area contributed by atoms with Crippen LogP contribution in [0.2, 0.25) is 0 Å². The summed E-state index contributed by atoms with van der Waals surface area (Å²) < 4.78 is 13.5. The van der Waals surface area contributed by atoms with E-state index in [-0.39, 0.29) is 5.41 Å². The fourth-order valence-electron chi connectivity index (χ4n) is 11.1. The van der Waals surface area contributed by atoms with E-state index >= 15 is 0 Å². The van der Waals surface area contributed by atoms with Gasteiger partial charge in [-0.2, -0.15) is 0 Å². The predicted octanol–water partition coefficient (Wildman–Crippen LogP) is 17.7. The highest BCUT2D eigenvalue weighted by Crippen LogP contribution is 2.55. The van der Waals surface area contributed by atoms with Crippen molar-refractivity contribution in [3.05, 3.63) is 216 Å². The van der Waals surface area contributed by atoms with Crippen molar-refractivity contribution in [1.82, 2.24) is 0 Å². The molecule has 0 spiro atoms. The van der Waals surface area contributed by atoms with Crippen LogP contribution in [-0.4, -0.2) is 0 Å². The predicted molar refractivity (Wildman–Crippen MR) is 272 cm³/mol. The van der Waals surface area contributed by atoms with Crippen molar-refractivity contribution in [2.24, 2.45) is 0 Å². The second kappa shape index (κ2) is 14.0. The van der Waals surface area contributed by atoms with Crippen molar-refractivity contribution in [3.63, 3.8) is 0 Å². The molecular formula is C61H44N2O2. The Balaban J connectivity index is 0.936. The molecule has 0 amide bonds. The van der Waals surface area contributed by atoms with Gasteiger partial charge in [0.05, 0.1) is 11.4 Å². The Hall–Kier alpha value is -8.08. The van der Waals surface area contributed by atoms with Gasteiger partial charge in [0.15, 0.2) is 11.2 Å². The summed E-state index contributed by atoms with van der Waals surface area (Å²) in [4.78, 5) is 4.68. The number of nitrogens with zero attached hydrogens (tertiary/aromatic N) is 2. The lowest BCUT2D eigenvalue weighted by Gasteiger charge is -2.28. The van der Waals surface area contributed by atoms with Gasteiger partial charge in [-0.05, 0) is 129 Å². The van der Waals surface area contributed by atoms with Gasteiger partial charge in [0.25, 0.3) is 0 Å². The first-order valence-electron chi connectivity index (χ1n) is 22.5. The number of benzene rings is 10. The molecule has 310 valence electrons. The zero-order valence-corrected chi connectivity index (χ0v) is 36.7. The van der Waals surface area contributed by atoms with Crippen LogP contribution in [0.25, 0.3) is 76.5 Å². The van der Waals surface area contributed by atoms with E-state index in [1.54, 1.807) is 0 Å². The molecule has 4 heteroatoms. The average molecular weight is 837 g/mol. The first-order chi connectivity index (χ1) is 31.8. The molecule has 1 aliphatic rings. The first kappa shape index (κ1) is 37.5. The van der Waals surface area contributed by atoms with Crippen molar-refractivity contribution in [1.29, 1.82) is 0 Å². The Morgan fingerprint density at radius 2 is 0.738 bits per heavy atom. The highest BCUT2D eigenvalue weighted by atomic mass is 16.3. The molecule has 12 aromatic rings. The largest absolute Gasteiger partial charge is 0.454 e. The molecule has 2 aromatic heterocycles. The van der Waals surface area contributed by atoms with E-state index in [0.717, 1.165) is 89.1 Å². The van der Waals surface area contributed by atoms with Crippen LogP contribution in [0.3, 0.4) is 0 Å². The third kappa shape index (κ3) is 5.50. The number of furan rings is 2. The molecule has 0 radical (unpaired) electrons. The molecule has 0 fully saturated rings. The van der Waals surface area contributed by atoms with Crippen molar-refractivity contribution in [2.75, 3.05) is 9.80 Å². The second-order valence-electron chi connectivity index (χ2n) is 18.2.